The summed E-state index contributed by atoms with van der Waals surface area (Å²) in [5, 5.41) is 0. The molecule has 2 N–H and O–H groups in total. The van der Waals surface area contributed by atoms with Crippen LogP contribution in [0.2, 0.25) is 0 Å². The van der Waals surface area contributed by atoms with Crippen LogP contribution in [-0.4, -0.2) is 49.5 Å². The Labute approximate surface area is 110 Å². The van der Waals surface area contributed by atoms with E-state index in [-0.39, 0.29) is 5.54 Å². The van der Waals surface area contributed by atoms with Crippen molar-refractivity contribution in [2.24, 2.45) is 11.7 Å². The molecule has 1 heterocycles. The fourth-order valence-electron chi connectivity index (χ4n) is 3.22. The molecule has 0 aromatic rings. The second-order valence-electron chi connectivity index (χ2n) is 6.41. The predicted octanol–water partition coefficient (Wildman–Crippen LogP) is 0.767. The summed E-state index contributed by atoms with van der Waals surface area (Å²) < 4.78 is 23.3. The normalized spacial score (nSPS) is 30.6. The Balaban J connectivity index is 1.75. The SMILES string of the molecule is NCC1(N(CC2CC2)C2CC2)CCS(=O)(=O)CC1. The van der Waals surface area contributed by atoms with E-state index in [1.54, 1.807) is 0 Å². The molecule has 5 heteroatoms. The summed E-state index contributed by atoms with van der Waals surface area (Å²) in [6, 6.07) is 0.690. The minimum atomic E-state index is -2.80. The average Bonchev–Trinajstić information content (AvgIpc) is 3.21. The van der Waals surface area contributed by atoms with Gasteiger partial charge in [0.2, 0.25) is 0 Å². The summed E-state index contributed by atoms with van der Waals surface area (Å²) in [4.78, 5) is 2.60. The molecule has 18 heavy (non-hydrogen) atoms. The third-order valence-corrected chi connectivity index (χ3v) is 6.54. The van der Waals surface area contributed by atoms with Gasteiger partial charge < -0.3 is 5.73 Å². The molecule has 0 atom stereocenters. The quantitative estimate of drug-likeness (QED) is 0.803. The number of rotatable bonds is 5. The number of hydrogen-bond acceptors (Lipinski definition) is 4. The van der Waals surface area contributed by atoms with E-state index in [4.69, 9.17) is 5.73 Å². The Bertz CT molecular complexity index is 399. The van der Waals surface area contributed by atoms with Crippen molar-refractivity contribution in [2.75, 3.05) is 24.6 Å². The van der Waals surface area contributed by atoms with Gasteiger partial charge in [-0.1, -0.05) is 0 Å². The number of hydrogen-bond donors (Lipinski definition) is 1. The largest absolute Gasteiger partial charge is 0.329 e. The summed E-state index contributed by atoms with van der Waals surface area (Å²) >= 11 is 0. The molecule has 0 spiro atoms. The van der Waals surface area contributed by atoms with E-state index in [0.29, 0.717) is 24.1 Å². The molecule has 0 aromatic carbocycles. The van der Waals surface area contributed by atoms with E-state index in [1.165, 1.54) is 25.7 Å². The van der Waals surface area contributed by atoms with Crippen LogP contribution in [0.15, 0.2) is 0 Å². The van der Waals surface area contributed by atoms with Gasteiger partial charge in [0.25, 0.3) is 0 Å². The lowest BCUT2D eigenvalue weighted by atomic mass is 9.89. The first-order chi connectivity index (χ1) is 8.55. The zero-order chi connectivity index (χ0) is 12.8. The van der Waals surface area contributed by atoms with Crippen LogP contribution < -0.4 is 5.73 Å². The molecule has 0 amide bonds. The molecule has 0 bridgehead atoms. The lowest BCUT2D eigenvalue weighted by Gasteiger charge is -2.46. The molecule has 3 fully saturated rings. The fraction of sp³-hybridized carbons (Fsp3) is 1.00. The number of nitrogens with zero attached hydrogens (tertiary/aromatic N) is 1. The van der Waals surface area contributed by atoms with Crippen LogP contribution in [0.25, 0.3) is 0 Å². The van der Waals surface area contributed by atoms with Crippen LogP contribution in [0.3, 0.4) is 0 Å². The second-order valence-corrected chi connectivity index (χ2v) is 8.71. The van der Waals surface area contributed by atoms with Crippen LogP contribution in [0.5, 0.6) is 0 Å². The highest BCUT2D eigenvalue weighted by atomic mass is 32.2. The Hall–Kier alpha value is -0.130. The van der Waals surface area contributed by atoms with Crippen LogP contribution in [0.1, 0.15) is 38.5 Å². The monoisotopic (exact) mass is 272 g/mol. The van der Waals surface area contributed by atoms with Crippen LogP contribution in [0.4, 0.5) is 0 Å². The highest BCUT2D eigenvalue weighted by Gasteiger charge is 2.47. The van der Waals surface area contributed by atoms with Crippen molar-refractivity contribution in [1.29, 1.82) is 0 Å². The molecule has 2 saturated carbocycles. The first-order valence-electron chi connectivity index (χ1n) is 7.22. The van der Waals surface area contributed by atoms with Crippen molar-refractivity contribution in [2.45, 2.75) is 50.1 Å². The van der Waals surface area contributed by atoms with Crippen molar-refractivity contribution in [1.82, 2.24) is 4.90 Å². The first-order valence-corrected chi connectivity index (χ1v) is 9.04. The van der Waals surface area contributed by atoms with Crippen molar-refractivity contribution >= 4 is 9.84 Å². The number of sulfone groups is 1. The molecule has 4 nitrogen and oxygen atoms in total. The van der Waals surface area contributed by atoms with Gasteiger partial charge in [-0.15, -0.1) is 0 Å². The zero-order valence-corrected chi connectivity index (χ0v) is 11.8. The van der Waals surface area contributed by atoms with Gasteiger partial charge in [0.05, 0.1) is 11.5 Å². The molecule has 3 rings (SSSR count). The lowest BCUT2D eigenvalue weighted by molar-refractivity contribution is 0.0690. The molecule has 2 aliphatic carbocycles. The van der Waals surface area contributed by atoms with E-state index in [1.807, 2.05) is 0 Å². The maximum atomic E-state index is 11.6. The topological polar surface area (TPSA) is 63.4 Å². The van der Waals surface area contributed by atoms with E-state index in [9.17, 15) is 8.42 Å². The summed E-state index contributed by atoms with van der Waals surface area (Å²) in [7, 11) is -2.80. The van der Waals surface area contributed by atoms with Crippen molar-refractivity contribution < 1.29 is 8.42 Å². The third-order valence-electron chi connectivity index (χ3n) is 4.89. The highest BCUT2D eigenvalue weighted by molar-refractivity contribution is 7.91. The summed E-state index contributed by atoms with van der Waals surface area (Å²) in [5.41, 5.74) is 6.03. The van der Waals surface area contributed by atoms with E-state index >= 15 is 0 Å². The summed E-state index contributed by atoms with van der Waals surface area (Å²) in [6.07, 6.45) is 6.75. The Kier molecular flexibility index (Phi) is 3.19. The van der Waals surface area contributed by atoms with Gasteiger partial charge in [0.1, 0.15) is 9.84 Å². The predicted molar refractivity (Wildman–Crippen MR) is 72.1 cm³/mol. The summed E-state index contributed by atoms with van der Waals surface area (Å²) in [6.45, 7) is 1.77. The van der Waals surface area contributed by atoms with Gasteiger partial charge in [0.15, 0.2) is 0 Å². The first kappa shape index (κ1) is 12.9. The smallest absolute Gasteiger partial charge is 0.150 e. The Morgan fingerprint density at radius 1 is 1.11 bits per heavy atom. The van der Waals surface area contributed by atoms with E-state index in [2.05, 4.69) is 4.90 Å². The second kappa shape index (κ2) is 4.46. The fourth-order valence-corrected chi connectivity index (χ4v) is 4.81. The molecule has 104 valence electrons. The highest BCUT2D eigenvalue weighted by Crippen LogP contribution is 2.42. The number of nitrogens with two attached hydrogens (primary N) is 1. The van der Waals surface area contributed by atoms with Gasteiger partial charge in [0, 0.05) is 24.7 Å². The maximum Gasteiger partial charge on any atom is 0.150 e. The third kappa shape index (κ3) is 2.58. The van der Waals surface area contributed by atoms with Gasteiger partial charge in [-0.05, 0) is 44.4 Å². The minimum Gasteiger partial charge on any atom is -0.329 e. The van der Waals surface area contributed by atoms with Gasteiger partial charge >= 0.3 is 0 Å². The molecular formula is C13H24N2O2S. The summed E-state index contributed by atoms with van der Waals surface area (Å²) in [5.74, 6) is 1.52. The lowest BCUT2D eigenvalue weighted by Crippen LogP contribution is -2.59. The Morgan fingerprint density at radius 2 is 1.72 bits per heavy atom. The average molecular weight is 272 g/mol. The molecule has 3 aliphatic rings. The minimum absolute atomic E-state index is 0.0188. The zero-order valence-electron chi connectivity index (χ0n) is 11.0. The van der Waals surface area contributed by atoms with Crippen molar-refractivity contribution in [3.8, 4) is 0 Å². The van der Waals surface area contributed by atoms with Crippen LogP contribution in [-0.2, 0) is 9.84 Å². The van der Waals surface area contributed by atoms with Crippen molar-refractivity contribution in [3.05, 3.63) is 0 Å². The molecule has 0 unspecified atom stereocenters. The van der Waals surface area contributed by atoms with Crippen molar-refractivity contribution in [3.63, 3.8) is 0 Å². The van der Waals surface area contributed by atoms with Crippen LogP contribution in [0, 0.1) is 5.92 Å². The Morgan fingerprint density at radius 3 is 2.17 bits per heavy atom. The van der Waals surface area contributed by atoms with Gasteiger partial charge in [-0.25, -0.2) is 8.42 Å². The molecule has 1 saturated heterocycles. The van der Waals surface area contributed by atoms with Gasteiger partial charge in [-0.2, -0.15) is 0 Å². The van der Waals surface area contributed by atoms with E-state index < -0.39 is 9.84 Å². The van der Waals surface area contributed by atoms with Gasteiger partial charge in [-0.3, -0.25) is 4.90 Å². The molecule has 0 radical (unpaired) electrons. The molecular weight excluding hydrogens is 248 g/mol. The maximum absolute atomic E-state index is 11.6. The standard InChI is InChI=1S/C13H24N2O2S/c14-10-13(5-7-18(16,17)8-6-13)15(12-3-4-12)9-11-1-2-11/h11-12H,1-10,14H2. The molecule has 1 aliphatic heterocycles. The van der Waals surface area contributed by atoms with Crippen LogP contribution >= 0.6 is 0 Å². The molecule has 0 aromatic heterocycles. The van der Waals surface area contributed by atoms with E-state index in [0.717, 1.165) is 25.3 Å².